The summed E-state index contributed by atoms with van der Waals surface area (Å²) >= 11 is 0. The smallest absolute Gasteiger partial charge is 0.286 e. The van der Waals surface area contributed by atoms with Crippen molar-refractivity contribution < 1.29 is 8.42 Å². The van der Waals surface area contributed by atoms with Crippen molar-refractivity contribution in [3.8, 4) is 0 Å². The lowest BCUT2D eigenvalue weighted by Gasteiger charge is -2.29. The molecule has 0 unspecified atom stereocenters. The number of sulfonamides is 1. The van der Waals surface area contributed by atoms with Crippen molar-refractivity contribution in [2.75, 3.05) is 23.3 Å². The van der Waals surface area contributed by atoms with E-state index in [1.165, 1.54) is 24.9 Å². The second-order valence-electron chi connectivity index (χ2n) is 6.13. The van der Waals surface area contributed by atoms with E-state index in [9.17, 15) is 8.42 Å². The second kappa shape index (κ2) is 5.94. The molecule has 124 valence electrons. The van der Waals surface area contributed by atoms with Crippen molar-refractivity contribution in [2.45, 2.75) is 24.2 Å². The molecule has 1 N–H and O–H groups in total. The Morgan fingerprint density at radius 2 is 1.62 bits per heavy atom. The number of nitrogens with one attached hydrogen (secondary N) is 1. The first-order chi connectivity index (χ1) is 11.6. The van der Waals surface area contributed by atoms with Gasteiger partial charge in [0.25, 0.3) is 10.0 Å². The third kappa shape index (κ3) is 2.78. The quantitative estimate of drug-likeness (QED) is 0.911. The average molecular weight is 341 g/mol. The fraction of sp³-hybridized carbons (Fsp3) is 0.278. The van der Waals surface area contributed by atoms with Crippen LogP contribution in [0, 0.1) is 0 Å². The van der Waals surface area contributed by atoms with Gasteiger partial charge in [0.2, 0.25) is 0 Å². The number of para-hydroxylation sites is 1. The maximum atomic E-state index is 12.3. The number of hydrogen-bond donors (Lipinski definition) is 1. The first kappa shape index (κ1) is 15.2. The lowest BCUT2D eigenvalue weighted by molar-refractivity contribution is 0.578. The van der Waals surface area contributed by atoms with E-state index in [1.54, 1.807) is 18.2 Å². The van der Waals surface area contributed by atoms with E-state index < -0.39 is 10.0 Å². The molecule has 5 nitrogen and oxygen atoms in total. The van der Waals surface area contributed by atoms with Crippen LogP contribution < -0.4 is 10.2 Å². The van der Waals surface area contributed by atoms with E-state index in [2.05, 4.69) is 14.6 Å². The number of piperidine rings is 1. The summed E-state index contributed by atoms with van der Waals surface area (Å²) in [5.41, 5.74) is 2.52. The van der Waals surface area contributed by atoms with E-state index in [4.69, 9.17) is 0 Å². The Bertz CT molecular complexity index is 883. The monoisotopic (exact) mass is 341 g/mol. The van der Waals surface area contributed by atoms with Crippen LogP contribution in [0.4, 0.5) is 11.4 Å². The number of hydrogen-bond acceptors (Lipinski definition) is 4. The van der Waals surface area contributed by atoms with Crippen LogP contribution in [0.2, 0.25) is 0 Å². The summed E-state index contributed by atoms with van der Waals surface area (Å²) in [4.78, 5) is 2.59. The van der Waals surface area contributed by atoms with Gasteiger partial charge >= 0.3 is 0 Å². The number of anilines is 2. The molecular formula is C18H19N3O2S. The molecule has 2 aliphatic rings. The average Bonchev–Trinajstić information content (AvgIpc) is 2.62. The van der Waals surface area contributed by atoms with Crippen LogP contribution in [0.15, 0.2) is 57.8 Å². The fourth-order valence-electron chi connectivity index (χ4n) is 3.22. The Balaban J connectivity index is 1.64. The minimum atomic E-state index is -3.65. The summed E-state index contributed by atoms with van der Waals surface area (Å²) in [6, 6.07) is 14.8. The first-order valence-electron chi connectivity index (χ1n) is 8.20. The number of amidine groups is 1. The van der Waals surface area contributed by atoms with Crippen LogP contribution in [0.5, 0.6) is 0 Å². The number of fused-ring (bicyclic) bond motifs is 1. The van der Waals surface area contributed by atoms with E-state index in [-0.39, 0.29) is 4.90 Å². The van der Waals surface area contributed by atoms with Gasteiger partial charge in [-0.3, -0.25) is 0 Å². The van der Waals surface area contributed by atoms with Crippen LogP contribution in [0.25, 0.3) is 0 Å². The number of rotatable bonds is 2. The molecule has 4 rings (SSSR count). The molecule has 0 bridgehead atoms. The van der Waals surface area contributed by atoms with Crippen LogP contribution >= 0.6 is 0 Å². The number of benzene rings is 2. The second-order valence-corrected chi connectivity index (χ2v) is 7.70. The zero-order valence-corrected chi connectivity index (χ0v) is 14.1. The normalized spacial score (nSPS) is 19.2. The molecule has 2 aliphatic heterocycles. The largest absolute Gasteiger partial charge is 0.372 e. The SMILES string of the molecule is O=S1(=O)N=C(c2ccc(N3CCCCC3)cc2)Nc2ccccc21. The molecule has 2 aromatic rings. The van der Waals surface area contributed by atoms with Crippen molar-refractivity contribution in [1.82, 2.24) is 0 Å². The van der Waals surface area contributed by atoms with Gasteiger partial charge in [-0.2, -0.15) is 8.42 Å². The highest BCUT2D eigenvalue weighted by atomic mass is 32.2. The van der Waals surface area contributed by atoms with E-state index in [1.807, 2.05) is 30.3 Å². The van der Waals surface area contributed by atoms with Crippen molar-refractivity contribution in [1.29, 1.82) is 0 Å². The molecule has 0 spiro atoms. The van der Waals surface area contributed by atoms with Gasteiger partial charge in [-0.05, 0) is 55.7 Å². The van der Waals surface area contributed by atoms with Gasteiger partial charge < -0.3 is 10.2 Å². The predicted octanol–water partition coefficient (Wildman–Crippen LogP) is 3.24. The molecule has 2 aromatic carbocycles. The van der Waals surface area contributed by atoms with E-state index >= 15 is 0 Å². The first-order valence-corrected chi connectivity index (χ1v) is 9.64. The van der Waals surface area contributed by atoms with E-state index in [0.29, 0.717) is 11.5 Å². The highest BCUT2D eigenvalue weighted by molar-refractivity contribution is 7.90. The minimum Gasteiger partial charge on any atom is -0.372 e. The highest BCUT2D eigenvalue weighted by Crippen LogP contribution is 2.28. The molecule has 1 fully saturated rings. The molecule has 0 saturated carbocycles. The standard InChI is InChI=1S/C18H19N3O2S/c22-24(23)17-7-3-2-6-16(17)19-18(20-24)14-8-10-15(11-9-14)21-12-4-1-5-13-21/h2-3,6-11H,1,4-5,12-13H2,(H,19,20). The molecule has 24 heavy (non-hydrogen) atoms. The Labute approximate surface area is 142 Å². The Morgan fingerprint density at radius 3 is 2.38 bits per heavy atom. The molecule has 2 heterocycles. The van der Waals surface area contributed by atoms with Gasteiger partial charge in [0.15, 0.2) is 5.84 Å². The Morgan fingerprint density at radius 1 is 0.917 bits per heavy atom. The van der Waals surface area contributed by atoms with Crippen LogP contribution in [0.1, 0.15) is 24.8 Å². The zero-order valence-electron chi connectivity index (χ0n) is 13.3. The van der Waals surface area contributed by atoms with Crippen molar-refractivity contribution in [3.05, 3.63) is 54.1 Å². The zero-order chi connectivity index (χ0) is 16.6. The van der Waals surface area contributed by atoms with Crippen molar-refractivity contribution in [3.63, 3.8) is 0 Å². The third-order valence-corrected chi connectivity index (χ3v) is 5.83. The molecule has 1 saturated heterocycles. The molecule has 6 heteroatoms. The van der Waals surface area contributed by atoms with E-state index in [0.717, 1.165) is 18.7 Å². The summed E-state index contributed by atoms with van der Waals surface area (Å²) in [6.07, 6.45) is 3.75. The lowest BCUT2D eigenvalue weighted by atomic mass is 10.1. The van der Waals surface area contributed by atoms with Crippen molar-refractivity contribution in [2.24, 2.45) is 4.40 Å². The highest BCUT2D eigenvalue weighted by Gasteiger charge is 2.25. The summed E-state index contributed by atoms with van der Waals surface area (Å²) in [5, 5.41) is 3.13. The Hall–Kier alpha value is -2.34. The summed E-state index contributed by atoms with van der Waals surface area (Å²) in [5.74, 6) is 0.374. The predicted molar refractivity (Wildman–Crippen MR) is 96.3 cm³/mol. The van der Waals surface area contributed by atoms with Crippen LogP contribution in [-0.4, -0.2) is 27.3 Å². The summed E-state index contributed by atoms with van der Waals surface area (Å²) in [7, 11) is -3.65. The van der Waals surface area contributed by atoms with Gasteiger partial charge in [0.05, 0.1) is 5.69 Å². The van der Waals surface area contributed by atoms with Gasteiger partial charge in [-0.15, -0.1) is 4.40 Å². The number of nitrogens with zero attached hydrogens (tertiary/aromatic N) is 2. The van der Waals surface area contributed by atoms with Crippen molar-refractivity contribution >= 4 is 27.2 Å². The maximum absolute atomic E-state index is 12.3. The summed E-state index contributed by atoms with van der Waals surface area (Å²) < 4.78 is 28.6. The molecule has 0 aromatic heterocycles. The van der Waals surface area contributed by atoms with Gasteiger partial charge in [-0.1, -0.05) is 12.1 Å². The molecule has 0 radical (unpaired) electrons. The van der Waals surface area contributed by atoms with Gasteiger partial charge in [-0.25, -0.2) is 0 Å². The maximum Gasteiger partial charge on any atom is 0.286 e. The van der Waals surface area contributed by atoms with Gasteiger partial charge in [0, 0.05) is 24.3 Å². The van der Waals surface area contributed by atoms with Gasteiger partial charge in [0.1, 0.15) is 4.90 Å². The summed E-state index contributed by atoms with van der Waals surface area (Å²) in [6.45, 7) is 2.17. The lowest BCUT2D eigenvalue weighted by Crippen LogP contribution is -2.29. The molecule has 0 amide bonds. The molecule has 0 atom stereocenters. The fourth-order valence-corrected chi connectivity index (χ4v) is 4.36. The molecular weight excluding hydrogens is 322 g/mol. The molecule has 0 aliphatic carbocycles. The topological polar surface area (TPSA) is 61.8 Å². The van der Waals surface area contributed by atoms with Crippen LogP contribution in [-0.2, 0) is 10.0 Å². The third-order valence-electron chi connectivity index (χ3n) is 4.49. The van der Waals surface area contributed by atoms with Crippen LogP contribution in [0.3, 0.4) is 0 Å². The Kier molecular flexibility index (Phi) is 3.76. The minimum absolute atomic E-state index is 0.221.